The van der Waals surface area contributed by atoms with Crippen molar-refractivity contribution in [3.8, 4) is 17.2 Å². The first-order valence-electron chi connectivity index (χ1n) is 11.6. The number of rotatable bonds is 18. The number of carboxylic acids is 5. The smallest absolute Gasteiger partial charge is 0.341 e. The van der Waals surface area contributed by atoms with Gasteiger partial charge in [-0.1, -0.05) is 12.1 Å². The number of carboxylic acid groups (broad SMARTS) is 5. The lowest BCUT2D eigenvalue weighted by Gasteiger charge is -2.26. The van der Waals surface area contributed by atoms with Crippen molar-refractivity contribution < 1.29 is 63.7 Å². The number of aryl methyl sites for hydroxylation is 1. The van der Waals surface area contributed by atoms with Crippen molar-refractivity contribution >= 4 is 41.2 Å². The van der Waals surface area contributed by atoms with Crippen LogP contribution in [-0.2, 0) is 24.0 Å². The first-order valence-corrected chi connectivity index (χ1v) is 11.6. The van der Waals surface area contributed by atoms with Gasteiger partial charge in [0.1, 0.15) is 62.3 Å². The third kappa shape index (κ3) is 9.92. The molecule has 0 saturated carbocycles. The molecule has 0 bridgehead atoms. The molecule has 0 spiro atoms. The molecule has 2 aromatic rings. The molecule has 0 radical (unpaired) electrons. The third-order valence-electron chi connectivity index (χ3n) is 4.99. The predicted octanol–water partition coefficient (Wildman–Crippen LogP) is 0.867. The van der Waals surface area contributed by atoms with E-state index in [4.69, 9.17) is 19.3 Å². The topological polar surface area (TPSA) is 221 Å². The zero-order valence-corrected chi connectivity index (χ0v) is 21.3. The zero-order valence-electron chi connectivity index (χ0n) is 21.3. The molecule has 0 heterocycles. The monoisotopic (exact) mass is 564 g/mol. The second-order valence-electron chi connectivity index (χ2n) is 8.24. The number of hydrogen-bond donors (Lipinski definition) is 5. The molecule has 0 aliphatic carbocycles. The molecule has 0 amide bonds. The SMILES string of the molecule is Cc1ccc(N(CC(=O)O)CC(=O)O)c(OCCOc2cccc(OCC(=O)O)c2N(CC(=O)O)CC(=O)O)c1. The highest BCUT2D eigenvalue weighted by Crippen LogP contribution is 2.38. The number of benzene rings is 2. The molecule has 15 heteroatoms. The van der Waals surface area contributed by atoms with Gasteiger partial charge in [0.2, 0.25) is 0 Å². The van der Waals surface area contributed by atoms with Crippen molar-refractivity contribution in [2.45, 2.75) is 6.92 Å². The van der Waals surface area contributed by atoms with Crippen molar-refractivity contribution in [3.63, 3.8) is 0 Å². The predicted molar refractivity (Wildman–Crippen MR) is 137 cm³/mol. The van der Waals surface area contributed by atoms with Crippen LogP contribution in [0.1, 0.15) is 5.56 Å². The van der Waals surface area contributed by atoms with Crippen LogP contribution in [0.15, 0.2) is 36.4 Å². The Morgan fingerprint density at radius 2 is 1.10 bits per heavy atom. The fraction of sp³-hybridized carbons (Fsp3) is 0.320. The molecule has 0 aromatic heterocycles. The van der Waals surface area contributed by atoms with Crippen LogP contribution in [0.2, 0.25) is 0 Å². The summed E-state index contributed by atoms with van der Waals surface area (Å²) < 4.78 is 16.7. The quantitative estimate of drug-likeness (QED) is 0.159. The maximum absolute atomic E-state index is 11.4. The van der Waals surface area contributed by atoms with Gasteiger partial charge in [-0.15, -0.1) is 0 Å². The average molecular weight is 565 g/mol. The summed E-state index contributed by atoms with van der Waals surface area (Å²) in [5, 5.41) is 46.0. The summed E-state index contributed by atoms with van der Waals surface area (Å²) in [6.07, 6.45) is 0. The van der Waals surface area contributed by atoms with Crippen molar-refractivity contribution in [2.75, 3.05) is 55.8 Å². The van der Waals surface area contributed by atoms with Gasteiger partial charge in [0.05, 0.1) is 5.69 Å². The maximum atomic E-state index is 11.4. The number of ether oxygens (including phenoxy) is 3. The van der Waals surface area contributed by atoms with Gasteiger partial charge in [-0.05, 0) is 36.8 Å². The fourth-order valence-corrected chi connectivity index (χ4v) is 3.58. The van der Waals surface area contributed by atoms with Crippen LogP contribution in [0.4, 0.5) is 11.4 Å². The maximum Gasteiger partial charge on any atom is 0.341 e. The Morgan fingerprint density at radius 1 is 0.625 bits per heavy atom. The van der Waals surface area contributed by atoms with Gasteiger partial charge in [-0.3, -0.25) is 19.2 Å². The summed E-state index contributed by atoms with van der Waals surface area (Å²) in [5.74, 6) is -6.49. The number of anilines is 2. The largest absolute Gasteiger partial charge is 0.488 e. The Bertz CT molecular complexity index is 1220. The molecule has 0 aliphatic rings. The van der Waals surface area contributed by atoms with Crippen LogP contribution in [0.3, 0.4) is 0 Å². The average Bonchev–Trinajstić information content (AvgIpc) is 2.83. The molecule has 0 atom stereocenters. The summed E-state index contributed by atoms with van der Waals surface area (Å²) in [6, 6.07) is 8.93. The molecule has 2 aromatic carbocycles. The third-order valence-corrected chi connectivity index (χ3v) is 4.99. The van der Waals surface area contributed by atoms with E-state index in [0.717, 1.165) is 15.4 Å². The Kier molecular flexibility index (Phi) is 11.4. The van der Waals surface area contributed by atoms with Gasteiger partial charge < -0.3 is 49.5 Å². The first kappa shape index (κ1) is 31.0. The Labute approximate surface area is 227 Å². The molecule has 0 fully saturated rings. The van der Waals surface area contributed by atoms with Crippen LogP contribution in [0.25, 0.3) is 0 Å². The molecule has 5 N–H and O–H groups in total. The van der Waals surface area contributed by atoms with Crippen LogP contribution < -0.4 is 24.0 Å². The van der Waals surface area contributed by atoms with Crippen molar-refractivity contribution in [3.05, 3.63) is 42.0 Å². The number of carbonyl (C=O) groups is 5. The van der Waals surface area contributed by atoms with Gasteiger partial charge in [0.15, 0.2) is 6.61 Å². The molecule has 0 unspecified atom stereocenters. The number of hydrogen-bond acceptors (Lipinski definition) is 10. The Morgan fingerprint density at radius 3 is 1.60 bits per heavy atom. The van der Waals surface area contributed by atoms with Gasteiger partial charge >= 0.3 is 29.8 Å². The number of nitrogens with zero attached hydrogens (tertiary/aromatic N) is 2. The summed E-state index contributed by atoms with van der Waals surface area (Å²) in [5.41, 5.74) is 0.863. The molecule has 2 rings (SSSR count). The fourth-order valence-electron chi connectivity index (χ4n) is 3.58. The van der Waals surface area contributed by atoms with E-state index in [1.165, 1.54) is 24.3 Å². The van der Waals surface area contributed by atoms with Crippen LogP contribution >= 0.6 is 0 Å². The standard InChI is InChI=1S/C25H28N2O13/c1-15-5-6-16(26(10-20(28)29)11-21(30)31)19(9-15)39-8-7-38-17-3-2-4-18(40-14-24(36)37)25(17)27(12-22(32)33)13-23(34)35/h2-6,9H,7-8,10-14H2,1H3,(H,28,29)(H,30,31)(H,32,33)(H,34,35)(H,36,37). The van der Waals surface area contributed by atoms with Gasteiger partial charge in [0.25, 0.3) is 0 Å². The van der Waals surface area contributed by atoms with E-state index in [2.05, 4.69) is 0 Å². The lowest BCUT2D eigenvalue weighted by atomic mass is 10.2. The summed E-state index contributed by atoms with van der Waals surface area (Å²) >= 11 is 0. The lowest BCUT2D eigenvalue weighted by molar-refractivity contribution is -0.140. The summed E-state index contributed by atoms with van der Waals surface area (Å²) in [7, 11) is 0. The second-order valence-corrected chi connectivity index (χ2v) is 8.24. The normalized spacial score (nSPS) is 10.3. The Hall–Kier alpha value is -5.21. The van der Waals surface area contributed by atoms with Crippen molar-refractivity contribution in [1.29, 1.82) is 0 Å². The minimum absolute atomic E-state index is 0.0168. The molecule has 0 saturated heterocycles. The number of para-hydroxylation sites is 1. The minimum atomic E-state index is -1.36. The molecule has 0 aliphatic heterocycles. The minimum Gasteiger partial charge on any atom is -0.488 e. The van der Waals surface area contributed by atoms with Crippen LogP contribution in [0, 0.1) is 6.92 Å². The highest BCUT2D eigenvalue weighted by molar-refractivity contribution is 5.83. The van der Waals surface area contributed by atoms with E-state index in [1.807, 2.05) is 0 Å². The second kappa shape index (κ2) is 14.7. The van der Waals surface area contributed by atoms with Gasteiger partial charge in [-0.2, -0.15) is 0 Å². The van der Waals surface area contributed by atoms with Gasteiger partial charge in [-0.25, -0.2) is 4.79 Å². The van der Waals surface area contributed by atoms with E-state index < -0.39 is 62.6 Å². The van der Waals surface area contributed by atoms with E-state index in [1.54, 1.807) is 19.1 Å². The van der Waals surface area contributed by atoms with E-state index in [9.17, 15) is 44.4 Å². The first-order chi connectivity index (χ1) is 18.9. The van der Waals surface area contributed by atoms with Crippen LogP contribution in [0.5, 0.6) is 17.2 Å². The highest BCUT2D eigenvalue weighted by atomic mass is 16.5. The van der Waals surface area contributed by atoms with E-state index >= 15 is 0 Å². The highest BCUT2D eigenvalue weighted by Gasteiger charge is 2.24. The van der Waals surface area contributed by atoms with Gasteiger partial charge in [0, 0.05) is 0 Å². The zero-order chi connectivity index (χ0) is 29.8. The molecule has 15 nitrogen and oxygen atoms in total. The van der Waals surface area contributed by atoms with E-state index in [-0.39, 0.29) is 41.8 Å². The van der Waals surface area contributed by atoms with Crippen molar-refractivity contribution in [2.24, 2.45) is 0 Å². The number of aliphatic carboxylic acids is 5. The molecule has 216 valence electrons. The molecular weight excluding hydrogens is 536 g/mol. The lowest BCUT2D eigenvalue weighted by Crippen LogP contribution is -2.35. The Balaban J connectivity index is 2.30. The van der Waals surface area contributed by atoms with Crippen LogP contribution in [-0.4, -0.2) is 101 Å². The molecule has 40 heavy (non-hydrogen) atoms. The van der Waals surface area contributed by atoms with Crippen molar-refractivity contribution in [1.82, 2.24) is 0 Å². The van der Waals surface area contributed by atoms with E-state index in [0.29, 0.717) is 0 Å². The molecular formula is C25H28N2O13. The summed E-state index contributed by atoms with van der Waals surface area (Å²) in [6.45, 7) is -2.09. The summed E-state index contributed by atoms with van der Waals surface area (Å²) in [4.78, 5) is 58.4.